The lowest BCUT2D eigenvalue weighted by atomic mass is 10.00. The van der Waals surface area contributed by atoms with Crippen LogP contribution in [-0.4, -0.2) is 12.5 Å². The van der Waals surface area contributed by atoms with E-state index in [4.69, 9.17) is 5.73 Å². The maximum absolute atomic E-state index is 13.4. The highest BCUT2D eigenvalue weighted by Crippen LogP contribution is 2.18. The predicted molar refractivity (Wildman–Crippen MR) is 73.0 cm³/mol. The molecule has 2 rings (SSSR count). The Balaban J connectivity index is 1.97. The first kappa shape index (κ1) is 13.5. The summed E-state index contributed by atoms with van der Waals surface area (Å²) in [6, 6.07) is 3.16. The molecule has 3 nitrogen and oxygen atoms in total. The van der Waals surface area contributed by atoms with Crippen LogP contribution < -0.4 is 11.1 Å². The van der Waals surface area contributed by atoms with Crippen molar-refractivity contribution < 1.29 is 8.78 Å². The van der Waals surface area contributed by atoms with Crippen molar-refractivity contribution in [2.45, 2.75) is 25.7 Å². The fraction of sp³-hybridized carbons (Fsp3) is 0.357. The average Bonchev–Trinajstić information content (AvgIpc) is 2.42. The molecule has 0 aromatic heterocycles. The number of hydrogen-bond donors (Lipinski definition) is 2. The Morgan fingerprint density at radius 2 is 2.16 bits per heavy atom. The lowest BCUT2D eigenvalue weighted by Crippen LogP contribution is -2.23. The number of hydrogen-bond acceptors (Lipinski definition) is 1. The molecule has 5 heteroatoms. The number of allylic oxidation sites excluding steroid dienone is 1. The molecule has 0 bridgehead atoms. The lowest BCUT2D eigenvalue weighted by molar-refractivity contribution is 0.604. The van der Waals surface area contributed by atoms with E-state index >= 15 is 0 Å². The minimum absolute atomic E-state index is 0.00104. The van der Waals surface area contributed by atoms with Crippen molar-refractivity contribution in [2.75, 3.05) is 11.9 Å². The maximum Gasteiger partial charge on any atom is 0.193 e. The highest BCUT2D eigenvalue weighted by atomic mass is 19.1. The molecule has 19 heavy (non-hydrogen) atoms. The fourth-order valence-corrected chi connectivity index (χ4v) is 2.01. The first-order valence-corrected chi connectivity index (χ1v) is 6.35. The van der Waals surface area contributed by atoms with Gasteiger partial charge in [0, 0.05) is 6.07 Å². The summed E-state index contributed by atoms with van der Waals surface area (Å²) < 4.78 is 26.4. The number of benzene rings is 1. The molecule has 1 aromatic rings. The van der Waals surface area contributed by atoms with Crippen molar-refractivity contribution in [3.63, 3.8) is 0 Å². The van der Waals surface area contributed by atoms with Gasteiger partial charge in [0.1, 0.15) is 11.6 Å². The molecule has 0 amide bonds. The van der Waals surface area contributed by atoms with Crippen LogP contribution in [0.3, 0.4) is 0 Å². The zero-order chi connectivity index (χ0) is 13.7. The van der Waals surface area contributed by atoms with E-state index in [0.29, 0.717) is 6.54 Å². The molecule has 3 N–H and O–H groups in total. The van der Waals surface area contributed by atoms with Crippen LogP contribution in [0.4, 0.5) is 14.5 Å². The van der Waals surface area contributed by atoms with Crippen LogP contribution in [0.2, 0.25) is 0 Å². The summed E-state index contributed by atoms with van der Waals surface area (Å²) in [6.45, 7) is 0.510. The third-order valence-electron chi connectivity index (χ3n) is 3.03. The second-order valence-corrected chi connectivity index (χ2v) is 4.56. The highest BCUT2D eigenvalue weighted by molar-refractivity contribution is 5.92. The van der Waals surface area contributed by atoms with Crippen LogP contribution in [0, 0.1) is 11.6 Å². The molecule has 0 fully saturated rings. The minimum Gasteiger partial charge on any atom is -0.370 e. The van der Waals surface area contributed by atoms with Gasteiger partial charge in [-0.1, -0.05) is 11.6 Å². The molecule has 0 unspecified atom stereocenters. The number of nitrogens with zero attached hydrogens (tertiary/aromatic N) is 1. The molecular formula is C14H17F2N3. The molecule has 102 valence electrons. The van der Waals surface area contributed by atoms with Gasteiger partial charge >= 0.3 is 0 Å². The normalized spacial score (nSPS) is 16.1. The van der Waals surface area contributed by atoms with E-state index in [9.17, 15) is 8.78 Å². The summed E-state index contributed by atoms with van der Waals surface area (Å²) in [7, 11) is 0. The van der Waals surface area contributed by atoms with E-state index in [1.165, 1.54) is 18.4 Å². The van der Waals surface area contributed by atoms with Crippen molar-refractivity contribution in [1.29, 1.82) is 0 Å². The standard InChI is InChI=1S/C14H17F2N3/c15-11-6-7-12(16)13(8-11)19-14(17)18-9-10-4-2-1-3-5-10/h4,6-8H,1-3,5,9H2,(H3,17,18,19). The summed E-state index contributed by atoms with van der Waals surface area (Å²) in [5.74, 6) is -0.987. The molecule has 0 aliphatic heterocycles. The molecule has 0 atom stereocenters. The van der Waals surface area contributed by atoms with E-state index in [0.717, 1.165) is 31.0 Å². The summed E-state index contributed by atoms with van der Waals surface area (Å²) in [5.41, 5.74) is 6.91. The number of guanidine groups is 1. The van der Waals surface area contributed by atoms with Gasteiger partial charge in [-0.2, -0.15) is 0 Å². The average molecular weight is 265 g/mol. The van der Waals surface area contributed by atoms with Gasteiger partial charge in [0.15, 0.2) is 5.96 Å². The second kappa shape index (κ2) is 6.31. The van der Waals surface area contributed by atoms with E-state index < -0.39 is 11.6 Å². The zero-order valence-electron chi connectivity index (χ0n) is 10.6. The van der Waals surface area contributed by atoms with Gasteiger partial charge < -0.3 is 11.1 Å². The number of aliphatic imine (C=N–C) groups is 1. The first-order valence-electron chi connectivity index (χ1n) is 6.35. The third kappa shape index (κ3) is 4.05. The molecule has 1 aliphatic carbocycles. The second-order valence-electron chi connectivity index (χ2n) is 4.56. The van der Waals surface area contributed by atoms with Crippen molar-refractivity contribution in [1.82, 2.24) is 0 Å². The largest absolute Gasteiger partial charge is 0.370 e. The van der Waals surface area contributed by atoms with Crippen LogP contribution >= 0.6 is 0 Å². The maximum atomic E-state index is 13.4. The van der Waals surface area contributed by atoms with Gasteiger partial charge in [-0.15, -0.1) is 0 Å². The Morgan fingerprint density at radius 1 is 1.32 bits per heavy atom. The molecule has 0 saturated carbocycles. The monoisotopic (exact) mass is 265 g/mol. The molecular weight excluding hydrogens is 248 g/mol. The number of rotatable bonds is 3. The topological polar surface area (TPSA) is 50.4 Å². The van der Waals surface area contributed by atoms with Crippen LogP contribution in [0.15, 0.2) is 34.8 Å². The Hall–Kier alpha value is -1.91. The Bertz CT molecular complexity index is 509. The van der Waals surface area contributed by atoms with E-state index in [-0.39, 0.29) is 11.6 Å². The number of halogens is 2. The fourth-order valence-electron chi connectivity index (χ4n) is 2.01. The number of nitrogens with two attached hydrogens (primary N) is 1. The van der Waals surface area contributed by atoms with E-state index in [1.807, 2.05) is 0 Å². The molecule has 0 saturated heterocycles. The molecule has 1 aliphatic rings. The Morgan fingerprint density at radius 3 is 2.89 bits per heavy atom. The van der Waals surface area contributed by atoms with Gasteiger partial charge in [0.25, 0.3) is 0 Å². The summed E-state index contributed by atoms with van der Waals surface area (Å²) in [5, 5.41) is 2.58. The van der Waals surface area contributed by atoms with Gasteiger partial charge in [-0.3, -0.25) is 0 Å². The molecule has 0 radical (unpaired) electrons. The van der Waals surface area contributed by atoms with Crippen molar-refractivity contribution in [2.24, 2.45) is 10.7 Å². The number of anilines is 1. The van der Waals surface area contributed by atoms with Crippen molar-refractivity contribution in [3.05, 3.63) is 41.5 Å². The molecule has 0 spiro atoms. The van der Waals surface area contributed by atoms with Gasteiger partial charge in [-0.05, 0) is 37.8 Å². The van der Waals surface area contributed by atoms with Crippen LogP contribution in [-0.2, 0) is 0 Å². The minimum atomic E-state index is -0.559. The first-order chi connectivity index (χ1) is 9.15. The molecule has 0 heterocycles. The Kier molecular flexibility index (Phi) is 4.49. The highest BCUT2D eigenvalue weighted by Gasteiger charge is 2.06. The summed E-state index contributed by atoms with van der Waals surface area (Å²) in [6.07, 6.45) is 6.67. The van der Waals surface area contributed by atoms with Crippen molar-refractivity contribution >= 4 is 11.6 Å². The van der Waals surface area contributed by atoms with Crippen LogP contribution in [0.5, 0.6) is 0 Å². The smallest absolute Gasteiger partial charge is 0.193 e. The SMILES string of the molecule is NC(=NCC1=CCCCC1)Nc1cc(F)ccc1F. The quantitative estimate of drug-likeness (QED) is 0.501. The van der Waals surface area contributed by atoms with Crippen LogP contribution in [0.1, 0.15) is 25.7 Å². The third-order valence-corrected chi connectivity index (χ3v) is 3.03. The predicted octanol–water partition coefficient (Wildman–Crippen LogP) is 3.19. The van der Waals surface area contributed by atoms with E-state index in [2.05, 4.69) is 16.4 Å². The lowest BCUT2D eigenvalue weighted by Gasteiger charge is -2.11. The van der Waals surface area contributed by atoms with E-state index in [1.54, 1.807) is 0 Å². The molecule has 1 aromatic carbocycles. The van der Waals surface area contributed by atoms with Crippen molar-refractivity contribution in [3.8, 4) is 0 Å². The summed E-state index contributed by atoms with van der Waals surface area (Å²) >= 11 is 0. The number of nitrogens with one attached hydrogen (secondary N) is 1. The zero-order valence-corrected chi connectivity index (χ0v) is 10.6. The summed E-state index contributed by atoms with van der Waals surface area (Å²) in [4.78, 5) is 4.14. The Labute approximate surface area is 111 Å². The van der Waals surface area contributed by atoms with Gasteiger partial charge in [0.05, 0.1) is 12.2 Å². The van der Waals surface area contributed by atoms with Crippen LogP contribution in [0.25, 0.3) is 0 Å². The van der Waals surface area contributed by atoms with Gasteiger partial charge in [0.2, 0.25) is 0 Å². The van der Waals surface area contributed by atoms with Gasteiger partial charge in [-0.25, -0.2) is 13.8 Å².